The standard InChI is InChI=1S/C23H27N3O5S/c27-23(24-17-6-9-21-22(14-17)31-16-30-21)19-15-18(7-8-20(19)25-10-4-5-11-25)32(28,29)26-12-2-1-3-13-26/h6-9,14-15H,1-5,10-13,16H2,(H,24,27). The molecule has 8 nitrogen and oxygen atoms in total. The van der Waals surface area contributed by atoms with E-state index in [4.69, 9.17) is 9.47 Å². The predicted octanol–water partition coefficient (Wildman–Crippen LogP) is 3.44. The van der Waals surface area contributed by atoms with Crippen LogP contribution in [0.25, 0.3) is 0 Å². The molecule has 3 heterocycles. The van der Waals surface area contributed by atoms with Gasteiger partial charge in [0.2, 0.25) is 16.8 Å². The average Bonchev–Trinajstić information content (AvgIpc) is 3.51. The second kappa shape index (κ2) is 8.63. The highest BCUT2D eigenvalue weighted by molar-refractivity contribution is 7.89. The van der Waals surface area contributed by atoms with Crippen LogP contribution in [0.3, 0.4) is 0 Å². The lowest BCUT2D eigenvalue weighted by atomic mass is 10.1. The van der Waals surface area contributed by atoms with E-state index in [0.29, 0.717) is 35.8 Å². The molecule has 0 bridgehead atoms. The topological polar surface area (TPSA) is 88.2 Å². The van der Waals surface area contributed by atoms with E-state index in [9.17, 15) is 13.2 Å². The van der Waals surface area contributed by atoms with Crippen molar-refractivity contribution in [2.45, 2.75) is 37.0 Å². The van der Waals surface area contributed by atoms with Gasteiger partial charge >= 0.3 is 0 Å². The number of rotatable bonds is 5. The van der Waals surface area contributed by atoms with Crippen molar-refractivity contribution in [2.24, 2.45) is 0 Å². The minimum absolute atomic E-state index is 0.155. The number of nitrogens with zero attached hydrogens (tertiary/aromatic N) is 2. The number of amides is 1. The Morgan fingerprint density at radius 1 is 0.844 bits per heavy atom. The third-order valence-corrected chi connectivity index (χ3v) is 8.14. The molecule has 3 aliphatic heterocycles. The van der Waals surface area contributed by atoms with Crippen LogP contribution in [-0.2, 0) is 10.0 Å². The molecule has 9 heteroatoms. The number of carbonyl (C=O) groups is 1. The first-order valence-corrected chi connectivity index (χ1v) is 12.6. The normalized spacial score (nSPS) is 18.7. The first-order chi connectivity index (χ1) is 15.5. The molecule has 170 valence electrons. The number of hydrogen-bond acceptors (Lipinski definition) is 6. The van der Waals surface area contributed by atoms with Gasteiger partial charge in [-0.05, 0) is 56.0 Å². The summed E-state index contributed by atoms with van der Waals surface area (Å²) in [6.07, 6.45) is 4.88. The van der Waals surface area contributed by atoms with Crippen LogP contribution < -0.4 is 19.7 Å². The molecular weight excluding hydrogens is 430 g/mol. The third-order valence-electron chi connectivity index (χ3n) is 6.24. The highest BCUT2D eigenvalue weighted by Gasteiger charge is 2.29. The first-order valence-electron chi connectivity index (χ1n) is 11.1. The number of benzene rings is 2. The average molecular weight is 458 g/mol. The maximum atomic E-state index is 13.3. The van der Waals surface area contributed by atoms with Crippen molar-refractivity contribution >= 4 is 27.3 Å². The summed E-state index contributed by atoms with van der Waals surface area (Å²) < 4.78 is 38.7. The van der Waals surface area contributed by atoms with Gasteiger partial charge in [-0.2, -0.15) is 4.31 Å². The Morgan fingerprint density at radius 2 is 1.56 bits per heavy atom. The number of anilines is 2. The first kappa shape index (κ1) is 21.1. The molecule has 5 rings (SSSR count). The largest absolute Gasteiger partial charge is 0.454 e. The summed E-state index contributed by atoms with van der Waals surface area (Å²) in [6, 6.07) is 10.1. The molecular formula is C23H27N3O5S. The van der Waals surface area contributed by atoms with E-state index in [1.807, 2.05) is 0 Å². The van der Waals surface area contributed by atoms with Crippen LogP contribution >= 0.6 is 0 Å². The Hall–Kier alpha value is -2.78. The maximum Gasteiger partial charge on any atom is 0.257 e. The monoisotopic (exact) mass is 457 g/mol. The molecule has 3 aliphatic rings. The van der Waals surface area contributed by atoms with Gasteiger partial charge in [0.1, 0.15) is 0 Å². The minimum Gasteiger partial charge on any atom is -0.454 e. The Morgan fingerprint density at radius 3 is 2.34 bits per heavy atom. The van der Waals surface area contributed by atoms with Crippen LogP contribution in [0.15, 0.2) is 41.3 Å². The van der Waals surface area contributed by atoms with E-state index in [2.05, 4.69) is 10.2 Å². The van der Waals surface area contributed by atoms with Crippen molar-refractivity contribution in [3.8, 4) is 11.5 Å². The van der Waals surface area contributed by atoms with Crippen LogP contribution in [0.2, 0.25) is 0 Å². The van der Waals surface area contributed by atoms with E-state index in [0.717, 1.165) is 50.9 Å². The summed E-state index contributed by atoms with van der Waals surface area (Å²) in [6.45, 7) is 2.90. The molecule has 2 saturated heterocycles. The van der Waals surface area contributed by atoms with Gasteiger partial charge in [-0.25, -0.2) is 8.42 Å². The molecule has 0 spiro atoms. The SMILES string of the molecule is O=C(Nc1ccc2c(c1)OCO2)c1cc(S(=O)(=O)N2CCCCC2)ccc1N1CCCC1. The lowest BCUT2D eigenvalue weighted by Crippen LogP contribution is -2.35. The van der Waals surface area contributed by atoms with Crippen LogP contribution in [0.5, 0.6) is 11.5 Å². The fraction of sp³-hybridized carbons (Fsp3) is 0.435. The fourth-order valence-corrected chi connectivity index (χ4v) is 6.06. The van der Waals surface area contributed by atoms with Crippen molar-refractivity contribution in [3.63, 3.8) is 0 Å². The van der Waals surface area contributed by atoms with Crippen molar-refractivity contribution in [1.82, 2.24) is 4.31 Å². The van der Waals surface area contributed by atoms with Crippen molar-refractivity contribution < 1.29 is 22.7 Å². The number of hydrogen-bond donors (Lipinski definition) is 1. The number of nitrogens with one attached hydrogen (secondary N) is 1. The zero-order valence-electron chi connectivity index (χ0n) is 17.9. The van der Waals surface area contributed by atoms with Gasteiger partial charge in [0, 0.05) is 43.6 Å². The van der Waals surface area contributed by atoms with Gasteiger partial charge in [-0.1, -0.05) is 6.42 Å². The van der Waals surface area contributed by atoms with E-state index < -0.39 is 10.0 Å². The second-order valence-corrected chi connectivity index (χ2v) is 10.3. The van der Waals surface area contributed by atoms with Gasteiger partial charge in [0.25, 0.3) is 5.91 Å². The van der Waals surface area contributed by atoms with E-state index in [-0.39, 0.29) is 17.6 Å². The zero-order chi connectivity index (χ0) is 22.1. The summed E-state index contributed by atoms with van der Waals surface area (Å²) in [5, 5.41) is 2.90. The Bertz CT molecular complexity index is 1120. The van der Waals surface area contributed by atoms with Gasteiger partial charge < -0.3 is 19.7 Å². The molecule has 0 atom stereocenters. The molecule has 2 aromatic rings. The minimum atomic E-state index is -3.64. The Kier molecular flexibility index (Phi) is 5.69. The molecule has 1 amide bonds. The molecule has 1 N–H and O–H groups in total. The molecule has 0 aromatic heterocycles. The number of carbonyl (C=O) groups excluding carboxylic acids is 1. The summed E-state index contributed by atoms with van der Waals surface area (Å²) in [5.74, 6) is 0.862. The predicted molar refractivity (Wildman–Crippen MR) is 121 cm³/mol. The third kappa shape index (κ3) is 4.02. The highest BCUT2D eigenvalue weighted by Crippen LogP contribution is 2.35. The molecule has 0 unspecified atom stereocenters. The Balaban J connectivity index is 1.48. The number of fused-ring (bicyclic) bond motifs is 1. The Labute approximate surface area is 188 Å². The lowest BCUT2D eigenvalue weighted by molar-refractivity contribution is 0.102. The highest BCUT2D eigenvalue weighted by atomic mass is 32.2. The quantitative estimate of drug-likeness (QED) is 0.740. The van der Waals surface area contributed by atoms with Crippen LogP contribution in [0.4, 0.5) is 11.4 Å². The van der Waals surface area contributed by atoms with Crippen molar-refractivity contribution in [3.05, 3.63) is 42.0 Å². The molecule has 2 fully saturated rings. The van der Waals surface area contributed by atoms with Crippen molar-refractivity contribution in [1.29, 1.82) is 0 Å². The second-order valence-electron chi connectivity index (χ2n) is 8.36. The molecule has 0 saturated carbocycles. The van der Waals surface area contributed by atoms with E-state index in [1.165, 1.54) is 10.4 Å². The summed E-state index contributed by atoms with van der Waals surface area (Å²) in [7, 11) is -3.64. The molecule has 2 aromatic carbocycles. The molecule has 32 heavy (non-hydrogen) atoms. The van der Waals surface area contributed by atoms with Gasteiger partial charge in [-0.15, -0.1) is 0 Å². The summed E-state index contributed by atoms with van der Waals surface area (Å²) in [5.41, 5.74) is 1.69. The van der Waals surface area contributed by atoms with E-state index in [1.54, 1.807) is 30.3 Å². The van der Waals surface area contributed by atoms with Crippen molar-refractivity contribution in [2.75, 3.05) is 43.2 Å². The van der Waals surface area contributed by atoms with Crippen LogP contribution in [-0.4, -0.2) is 51.6 Å². The number of sulfonamides is 1. The zero-order valence-corrected chi connectivity index (χ0v) is 18.7. The smallest absolute Gasteiger partial charge is 0.257 e. The summed E-state index contributed by atoms with van der Waals surface area (Å²) in [4.78, 5) is 15.6. The van der Waals surface area contributed by atoms with E-state index >= 15 is 0 Å². The van der Waals surface area contributed by atoms with Gasteiger partial charge in [0.15, 0.2) is 11.5 Å². The number of ether oxygens (including phenoxy) is 2. The lowest BCUT2D eigenvalue weighted by Gasteiger charge is -2.27. The summed E-state index contributed by atoms with van der Waals surface area (Å²) >= 11 is 0. The fourth-order valence-electron chi connectivity index (χ4n) is 4.52. The van der Waals surface area contributed by atoms with Crippen LogP contribution in [0, 0.1) is 0 Å². The maximum absolute atomic E-state index is 13.3. The van der Waals surface area contributed by atoms with Gasteiger partial charge in [-0.3, -0.25) is 4.79 Å². The van der Waals surface area contributed by atoms with Gasteiger partial charge in [0.05, 0.1) is 10.5 Å². The number of piperidine rings is 1. The molecule has 0 aliphatic carbocycles. The van der Waals surface area contributed by atoms with Crippen LogP contribution in [0.1, 0.15) is 42.5 Å². The molecule has 0 radical (unpaired) electrons.